The van der Waals surface area contributed by atoms with Crippen LogP contribution in [-0.2, 0) is 9.59 Å². The van der Waals surface area contributed by atoms with E-state index in [1.807, 2.05) is 24.3 Å². The van der Waals surface area contributed by atoms with Gasteiger partial charge in [-0.3, -0.25) is 9.59 Å². The van der Waals surface area contributed by atoms with Gasteiger partial charge in [-0.1, -0.05) is 18.2 Å². The molecule has 1 aromatic carbocycles. The molecular formula is C12H14N2O2. The van der Waals surface area contributed by atoms with E-state index in [0.717, 1.165) is 11.3 Å². The third-order valence-corrected chi connectivity index (χ3v) is 2.72. The molecule has 1 unspecified atom stereocenters. The highest BCUT2D eigenvalue weighted by Gasteiger charge is 2.29. The molecular weight excluding hydrogens is 204 g/mol. The largest absolute Gasteiger partial charge is 0.356 e. The molecule has 84 valence electrons. The first-order chi connectivity index (χ1) is 7.68. The Balaban J connectivity index is 2.05. The molecule has 1 aliphatic rings. The molecule has 1 atom stereocenters. The highest BCUT2D eigenvalue weighted by atomic mass is 16.2. The van der Waals surface area contributed by atoms with E-state index in [1.54, 1.807) is 0 Å². The molecule has 1 aromatic rings. The zero-order chi connectivity index (χ0) is 11.5. The van der Waals surface area contributed by atoms with Gasteiger partial charge in [0, 0.05) is 19.2 Å². The van der Waals surface area contributed by atoms with Crippen molar-refractivity contribution in [2.45, 2.75) is 19.3 Å². The summed E-state index contributed by atoms with van der Waals surface area (Å²) in [7, 11) is 0. The number of hydrogen-bond donors (Lipinski definition) is 2. The fraction of sp³-hybridized carbons (Fsp3) is 0.333. The molecule has 0 aromatic heterocycles. The van der Waals surface area contributed by atoms with Crippen LogP contribution in [0.3, 0.4) is 0 Å². The number of carbonyl (C=O) groups excluding carboxylic acids is 2. The van der Waals surface area contributed by atoms with E-state index >= 15 is 0 Å². The summed E-state index contributed by atoms with van der Waals surface area (Å²) in [4.78, 5) is 22.4. The Kier molecular flexibility index (Phi) is 2.90. The molecule has 4 heteroatoms. The van der Waals surface area contributed by atoms with Crippen molar-refractivity contribution in [2.75, 3.05) is 11.9 Å². The third-order valence-electron chi connectivity index (χ3n) is 2.72. The first kappa shape index (κ1) is 10.7. The Morgan fingerprint density at radius 1 is 1.44 bits per heavy atom. The predicted molar refractivity (Wildman–Crippen MR) is 61.1 cm³/mol. The minimum Gasteiger partial charge on any atom is -0.356 e. The van der Waals surface area contributed by atoms with Crippen molar-refractivity contribution in [1.29, 1.82) is 0 Å². The molecule has 0 radical (unpaired) electrons. The van der Waals surface area contributed by atoms with Crippen LogP contribution in [0.1, 0.15) is 24.8 Å². The molecule has 2 rings (SSSR count). The van der Waals surface area contributed by atoms with E-state index in [0.29, 0.717) is 13.0 Å². The Morgan fingerprint density at radius 2 is 2.19 bits per heavy atom. The molecule has 0 saturated carbocycles. The van der Waals surface area contributed by atoms with E-state index in [9.17, 15) is 9.59 Å². The van der Waals surface area contributed by atoms with Gasteiger partial charge < -0.3 is 10.6 Å². The summed E-state index contributed by atoms with van der Waals surface area (Å²) in [6.45, 7) is 2.00. The number of para-hydroxylation sites is 1. The monoisotopic (exact) mass is 218 g/mol. The second-order valence-electron chi connectivity index (χ2n) is 3.90. The first-order valence-electron chi connectivity index (χ1n) is 5.32. The van der Waals surface area contributed by atoms with Gasteiger partial charge in [-0.15, -0.1) is 0 Å². The number of hydrogen-bond acceptors (Lipinski definition) is 2. The molecule has 1 aliphatic heterocycles. The van der Waals surface area contributed by atoms with Crippen LogP contribution >= 0.6 is 0 Å². The van der Waals surface area contributed by atoms with Crippen molar-refractivity contribution in [3.63, 3.8) is 0 Å². The Hall–Kier alpha value is -1.84. The number of rotatable bonds is 3. The number of anilines is 1. The summed E-state index contributed by atoms with van der Waals surface area (Å²) in [5.41, 5.74) is 1.91. The summed E-state index contributed by atoms with van der Waals surface area (Å²) in [6.07, 6.45) is 0.641. The SMILES string of the molecule is CC(=O)NCCC1C(=O)Nc2ccccc21. The van der Waals surface area contributed by atoms with Crippen molar-refractivity contribution >= 4 is 17.5 Å². The standard InChI is InChI=1S/C12H14N2O2/c1-8(15)13-7-6-10-9-4-2-3-5-11(9)14-12(10)16/h2-5,10H,6-7H2,1H3,(H,13,15)(H,14,16). The Bertz CT molecular complexity index is 429. The van der Waals surface area contributed by atoms with E-state index in [4.69, 9.17) is 0 Å². The molecule has 0 saturated heterocycles. The quantitative estimate of drug-likeness (QED) is 0.802. The average molecular weight is 218 g/mol. The minimum atomic E-state index is -0.136. The van der Waals surface area contributed by atoms with Crippen LogP contribution < -0.4 is 10.6 Å². The maximum atomic E-state index is 11.7. The van der Waals surface area contributed by atoms with Gasteiger partial charge in [0.2, 0.25) is 11.8 Å². The fourth-order valence-electron chi connectivity index (χ4n) is 1.95. The summed E-state index contributed by atoms with van der Waals surface area (Å²) in [5, 5.41) is 5.54. The second-order valence-corrected chi connectivity index (χ2v) is 3.90. The van der Waals surface area contributed by atoms with Gasteiger partial charge in [-0.25, -0.2) is 0 Å². The summed E-state index contributed by atoms with van der Waals surface area (Å²) >= 11 is 0. The summed E-state index contributed by atoms with van der Waals surface area (Å²) < 4.78 is 0. The lowest BCUT2D eigenvalue weighted by Crippen LogP contribution is -2.24. The van der Waals surface area contributed by atoms with Crippen LogP contribution in [0.25, 0.3) is 0 Å². The van der Waals surface area contributed by atoms with Crippen LogP contribution in [0.4, 0.5) is 5.69 Å². The van der Waals surface area contributed by atoms with Crippen molar-refractivity contribution in [1.82, 2.24) is 5.32 Å². The number of carbonyl (C=O) groups is 2. The Morgan fingerprint density at radius 3 is 2.94 bits per heavy atom. The number of fused-ring (bicyclic) bond motifs is 1. The van der Waals surface area contributed by atoms with Crippen molar-refractivity contribution in [3.05, 3.63) is 29.8 Å². The maximum Gasteiger partial charge on any atom is 0.232 e. The summed E-state index contributed by atoms with van der Waals surface area (Å²) in [6, 6.07) is 7.66. The van der Waals surface area contributed by atoms with Crippen LogP contribution in [0, 0.1) is 0 Å². The van der Waals surface area contributed by atoms with E-state index < -0.39 is 0 Å². The van der Waals surface area contributed by atoms with Gasteiger partial charge >= 0.3 is 0 Å². The van der Waals surface area contributed by atoms with E-state index in [-0.39, 0.29) is 17.7 Å². The number of nitrogens with one attached hydrogen (secondary N) is 2. The lowest BCUT2D eigenvalue weighted by Gasteiger charge is -2.08. The van der Waals surface area contributed by atoms with Gasteiger partial charge in [0.05, 0.1) is 5.92 Å². The van der Waals surface area contributed by atoms with E-state index in [1.165, 1.54) is 6.92 Å². The van der Waals surface area contributed by atoms with Crippen molar-refractivity contribution in [2.24, 2.45) is 0 Å². The third kappa shape index (κ3) is 2.05. The average Bonchev–Trinajstić information content (AvgIpc) is 2.55. The lowest BCUT2D eigenvalue weighted by atomic mass is 9.97. The van der Waals surface area contributed by atoms with Gasteiger partial charge in [0.25, 0.3) is 0 Å². The van der Waals surface area contributed by atoms with Crippen molar-refractivity contribution < 1.29 is 9.59 Å². The number of amides is 2. The number of benzene rings is 1. The van der Waals surface area contributed by atoms with Gasteiger partial charge in [0.15, 0.2) is 0 Å². The lowest BCUT2D eigenvalue weighted by molar-refractivity contribution is -0.120. The molecule has 16 heavy (non-hydrogen) atoms. The molecule has 1 heterocycles. The topological polar surface area (TPSA) is 58.2 Å². The zero-order valence-corrected chi connectivity index (χ0v) is 9.12. The van der Waals surface area contributed by atoms with Gasteiger partial charge in [-0.05, 0) is 18.1 Å². The van der Waals surface area contributed by atoms with Gasteiger partial charge in [-0.2, -0.15) is 0 Å². The van der Waals surface area contributed by atoms with Crippen LogP contribution in [0.15, 0.2) is 24.3 Å². The van der Waals surface area contributed by atoms with Crippen LogP contribution in [-0.4, -0.2) is 18.4 Å². The summed E-state index contributed by atoms with van der Waals surface area (Å²) in [5.74, 6) is -0.179. The van der Waals surface area contributed by atoms with Crippen LogP contribution in [0.5, 0.6) is 0 Å². The van der Waals surface area contributed by atoms with Crippen LogP contribution in [0.2, 0.25) is 0 Å². The predicted octanol–water partition coefficient (Wildman–Crippen LogP) is 1.25. The first-order valence-corrected chi connectivity index (χ1v) is 5.32. The molecule has 0 fully saturated rings. The maximum absolute atomic E-state index is 11.7. The molecule has 2 amide bonds. The Labute approximate surface area is 94.0 Å². The minimum absolute atomic E-state index is 0.0200. The van der Waals surface area contributed by atoms with Crippen molar-refractivity contribution in [3.8, 4) is 0 Å². The highest BCUT2D eigenvalue weighted by Crippen LogP contribution is 2.33. The molecule has 4 nitrogen and oxygen atoms in total. The smallest absolute Gasteiger partial charge is 0.232 e. The normalized spacial score (nSPS) is 17.8. The highest BCUT2D eigenvalue weighted by molar-refractivity contribution is 6.02. The van der Waals surface area contributed by atoms with Gasteiger partial charge in [0.1, 0.15) is 0 Å². The molecule has 0 bridgehead atoms. The fourth-order valence-corrected chi connectivity index (χ4v) is 1.95. The molecule has 2 N–H and O–H groups in total. The van der Waals surface area contributed by atoms with E-state index in [2.05, 4.69) is 10.6 Å². The second kappa shape index (κ2) is 4.35. The molecule has 0 aliphatic carbocycles. The zero-order valence-electron chi connectivity index (χ0n) is 9.12. The molecule has 0 spiro atoms.